The van der Waals surface area contributed by atoms with Crippen molar-refractivity contribution >= 4 is 23.5 Å². The molecular formula is C30H35N9O3. The highest BCUT2D eigenvalue weighted by atomic mass is 16.4. The van der Waals surface area contributed by atoms with Crippen molar-refractivity contribution in [1.82, 2.24) is 35.2 Å². The minimum absolute atomic E-state index is 0.0168. The number of carbonyl (C=O) groups is 2. The Labute approximate surface area is 244 Å². The minimum atomic E-state index is -1.03. The second-order valence-corrected chi connectivity index (χ2v) is 12.4. The molecule has 7 rings (SSSR count). The number of hydrazine groups is 1. The number of anilines is 1. The minimum Gasteiger partial charge on any atom is -0.477 e. The summed E-state index contributed by atoms with van der Waals surface area (Å²) < 4.78 is 0. The summed E-state index contributed by atoms with van der Waals surface area (Å²) in [4.78, 5) is 49.6. The topological polar surface area (TPSA) is 130 Å². The molecule has 0 aliphatic carbocycles. The summed E-state index contributed by atoms with van der Waals surface area (Å²) in [6, 6.07) is 5.08. The quantitative estimate of drug-likeness (QED) is 0.550. The number of aromatic carboxylic acids is 1. The van der Waals surface area contributed by atoms with Gasteiger partial charge in [-0.15, -0.1) is 0 Å². The third kappa shape index (κ3) is 4.59. The SMILES string of the molecule is CC1=CC(N2CCC(C)(c3ncc(C)cn3)C2)=CN2NC(C(=O)N3CC4CN(c5cccc(C(=O)O)n5)CC4C3)N=C12. The monoisotopic (exact) mass is 569 g/mol. The van der Waals surface area contributed by atoms with Crippen LogP contribution in [0.2, 0.25) is 0 Å². The highest BCUT2D eigenvalue weighted by molar-refractivity contribution is 6.03. The summed E-state index contributed by atoms with van der Waals surface area (Å²) >= 11 is 0. The first-order valence-corrected chi connectivity index (χ1v) is 14.5. The van der Waals surface area contributed by atoms with Gasteiger partial charge in [0.25, 0.3) is 5.91 Å². The van der Waals surface area contributed by atoms with Crippen molar-refractivity contribution in [3.05, 3.63) is 71.2 Å². The number of aromatic nitrogens is 3. The molecule has 2 aromatic heterocycles. The molecule has 4 unspecified atom stereocenters. The van der Waals surface area contributed by atoms with E-state index in [4.69, 9.17) is 4.99 Å². The van der Waals surface area contributed by atoms with E-state index in [1.54, 1.807) is 6.07 Å². The number of carbonyl (C=O) groups excluding carboxylic acids is 1. The Bertz CT molecular complexity index is 1520. The number of aliphatic imine (C=N–C) groups is 1. The fraction of sp³-hybridized carbons (Fsp3) is 0.467. The van der Waals surface area contributed by atoms with Crippen molar-refractivity contribution in [1.29, 1.82) is 0 Å². The lowest BCUT2D eigenvalue weighted by atomic mass is 9.88. The molecule has 218 valence electrons. The lowest BCUT2D eigenvalue weighted by molar-refractivity contribution is -0.132. The van der Waals surface area contributed by atoms with Gasteiger partial charge in [0, 0.05) is 75.1 Å². The van der Waals surface area contributed by atoms with Crippen molar-refractivity contribution in [2.24, 2.45) is 16.8 Å². The number of hydrogen-bond acceptors (Lipinski definition) is 10. The van der Waals surface area contributed by atoms with Gasteiger partial charge in [-0.3, -0.25) is 9.80 Å². The third-order valence-electron chi connectivity index (χ3n) is 9.19. The lowest BCUT2D eigenvalue weighted by Crippen LogP contribution is -2.47. The standard InChI is InChI=1S/C30H35N9O3/c1-18-10-31-29(32-11-18)30(3)7-8-36(17-30)22-9-19(2)26-34-25(35-39(26)16-22)27(40)38-14-20-12-37(13-21(20)15-38)24-6-4-5-23(33-24)28(41)42/h4-6,9-11,16,20-21,25,35H,7-8,12-15,17H2,1-3H3,(H,41,42). The number of likely N-dealkylation sites (tertiary alicyclic amines) is 2. The second kappa shape index (κ2) is 9.90. The van der Waals surface area contributed by atoms with E-state index >= 15 is 0 Å². The summed E-state index contributed by atoms with van der Waals surface area (Å²) in [6.07, 6.45) is 8.26. The average Bonchev–Trinajstić information content (AvgIpc) is 3.75. The van der Waals surface area contributed by atoms with Crippen LogP contribution in [0.25, 0.3) is 0 Å². The van der Waals surface area contributed by atoms with Crippen molar-refractivity contribution in [3.63, 3.8) is 0 Å². The molecule has 0 saturated carbocycles. The van der Waals surface area contributed by atoms with Gasteiger partial charge in [0.15, 0.2) is 11.9 Å². The van der Waals surface area contributed by atoms with Crippen LogP contribution < -0.4 is 10.3 Å². The zero-order valence-electron chi connectivity index (χ0n) is 24.1. The average molecular weight is 570 g/mol. The predicted molar refractivity (Wildman–Crippen MR) is 155 cm³/mol. The fourth-order valence-electron chi connectivity index (χ4n) is 6.86. The first-order valence-electron chi connectivity index (χ1n) is 14.5. The Kier molecular flexibility index (Phi) is 6.26. The van der Waals surface area contributed by atoms with Gasteiger partial charge in [0.05, 0.1) is 5.70 Å². The first-order chi connectivity index (χ1) is 20.2. The zero-order chi connectivity index (χ0) is 29.2. The highest BCUT2D eigenvalue weighted by Crippen LogP contribution is 2.36. The maximum Gasteiger partial charge on any atom is 0.354 e. The highest BCUT2D eigenvalue weighted by Gasteiger charge is 2.45. The van der Waals surface area contributed by atoms with Gasteiger partial charge in [-0.2, -0.15) is 5.43 Å². The number of carboxylic acids is 1. The van der Waals surface area contributed by atoms with Gasteiger partial charge in [-0.1, -0.05) is 13.0 Å². The number of amidine groups is 1. The number of allylic oxidation sites excluding steroid dienone is 1. The number of nitrogens with one attached hydrogen (secondary N) is 1. The Morgan fingerprint density at radius 2 is 1.79 bits per heavy atom. The molecule has 2 aromatic rings. The van der Waals surface area contributed by atoms with E-state index in [2.05, 4.69) is 43.2 Å². The van der Waals surface area contributed by atoms with E-state index in [1.165, 1.54) is 6.07 Å². The van der Waals surface area contributed by atoms with Crippen LogP contribution in [0.3, 0.4) is 0 Å². The van der Waals surface area contributed by atoms with Crippen LogP contribution in [0, 0.1) is 18.8 Å². The number of aryl methyl sites for hydroxylation is 1. The van der Waals surface area contributed by atoms with Gasteiger partial charge in [-0.25, -0.2) is 24.7 Å². The van der Waals surface area contributed by atoms with Crippen LogP contribution in [-0.4, -0.2) is 98.0 Å². The molecule has 2 N–H and O–H groups in total. The molecule has 5 aliphatic heterocycles. The molecule has 12 nitrogen and oxygen atoms in total. The molecule has 42 heavy (non-hydrogen) atoms. The molecule has 0 bridgehead atoms. The van der Waals surface area contributed by atoms with Crippen molar-refractivity contribution < 1.29 is 14.7 Å². The molecule has 3 fully saturated rings. The number of amides is 1. The van der Waals surface area contributed by atoms with Crippen LogP contribution in [-0.2, 0) is 10.2 Å². The number of rotatable bonds is 5. The van der Waals surface area contributed by atoms with E-state index in [-0.39, 0.29) is 17.0 Å². The maximum atomic E-state index is 13.6. The normalized spacial score (nSPS) is 28.5. The Hall–Kier alpha value is -4.32. The molecular weight excluding hydrogens is 534 g/mol. The lowest BCUT2D eigenvalue weighted by Gasteiger charge is -2.30. The Morgan fingerprint density at radius 3 is 2.50 bits per heavy atom. The summed E-state index contributed by atoms with van der Waals surface area (Å²) in [7, 11) is 0. The van der Waals surface area contributed by atoms with Gasteiger partial charge < -0.3 is 19.8 Å². The number of pyridine rings is 1. The molecule has 1 amide bonds. The van der Waals surface area contributed by atoms with Crippen molar-refractivity contribution in [2.75, 3.05) is 44.2 Å². The van der Waals surface area contributed by atoms with Crippen LogP contribution in [0.15, 0.2) is 59.1 Å². The van der Waals surface area contributed by atoms with Crippen LogP contribution >= 0.6 is 0 Å². The smallest absolute Gasteiger partial charge is 0.354 e. The van der Waals surface area contributed by atoms with Gasteiger partial charge in [0.1, 0.15) is 17.5 Å². The summed E-state index contributed by atoms with van der Waals surface area (Å²) in [5.74, 6) is 1.92. The number of fused-ring (bicyclic) bond motifs is 2. The van der Waals surface area contributed by atoms with Crippen LogP contribution in [0.5, 0.6) is 0 Å². The summed E-state index contributed by atoms with van der Waals surface area (Å²) in [5, 5.41) is 11.2. The predicted octanol–water partition coefficient (Wildman–Crippen LogP) is 1.78. The fourth-order valence-corrected chi connectivity index (χ4v) is 6.86. The van der Waals surface area contributed by atoms with E-state index in [9.17, 15) is 14.7 Å². The Morgan fingerprint density at radius 1 is 1.05 bits per heavy atom. The van der Waals surface area contributed by atoms with E-state index in [0.29, 0.717) is 30.7 Å². The van der Waals surface area contributed by atoms with Gasteiger partial charge in [-0.05, 0) is 49.6 Å². The van der Waals surface area contributed by atoms with Gasteiger partial charge in [0.2, 0.25) is 0 Å². The number of hydrogen-bond donors (Lipinski definition) is 2. The molecule has 3 saturated heterocycles. The number of nitrogens with zero attached hydrogens (tertiary/aromatic N) is 8. The van der Waals surface area contributed by atoms with E-state index < -0.39 is 12.1 Å². The molecule has 0 spiro atoms. The van der Waals surface area contributed by atoms with E-state index in [0.717, 1.165) is 61.1 Å². The maximum absolute atomic E-state index is 13.6. The largest absolute Gasteiger partial charge is 0.477 e. The van der Waals surface area contributed by atoms with Gasteiger partial charge >= 0.3 is 5.97 Å². The molecule has 0 radical (unpaired) electrons. The molecule has 4 atom stereocenters. The van der Waals surface area contributed by atoms with Crippen LogP contribution in [0.1, 0.15) is 42.1 Å². The number of carboxylic acid groups (broad SMARTS) is 1. The summed E-state index contributed by atoms with van der Waals surface area (Å²) in [5.41, 5.74) is 6.40. The first kappa shape index (κ1) is 26.6. The Balaban J connectivity index is 0.984. The summed E-state index contributed by atoms with van der Waals surface area (Å²) in [6.45, 7) is 10.8. The van der Waals surface area contributed by atoms with Crippen LogP contribution in [0.4, 0.5) is 5.82 Å². The zero-order valence-corrected chi connectivity index (χ0v) is 24.1. The second-order valence-electron chi connectivity index (χ2n) is 12.4. The molecule has 12 heteroatoms. The molecule has 0 aromatic carbocycles. The molecule has 5 aliphatic rings. The van der Waals surface area contributed by atoms with Crippen molar-refractivity contribution in [3.8, 4) is 0 Å². The molecule has 7 heterocycles. The third-order valence-corrected chi connectivity index (χ3v) is 9.19. The van der Waals surface area contributed by atoms with E-state index in [1.807, 2.05) is 48.4 Å². The van der Waals surface area contributed by atoms with Crippen molar-refractivity contribution in [2.45, 2.75) is 38.8 Å².